The van der Waals surface area contributed by atoms with Crippen LogP contribution in [0.5, 0.6) is 0 Å². The van der Waals surface area contributed by atoms with Crippen LogP contribution < -0.4 is 5.73 Å². The zero-order valence-electron chi connectivity index (χ0n) is 9.86. The third-order valence-electron chi connectivity index (χ3n) is 1.80. The Balaban J connectivity index is 2.68. The number of esters is 1. The zero-order chi connectivity index (χ0) is 12.2. The molecule has 1 aromatic rings. The molecule has 2 N–H and O–H groups in total. The van der Waals surface area contributed by atoms with Gasteiger partial charge in [0.2, 0.25) is 0 Å². The van der Waals surface area contributed by atoms with Crippen molar-refractivity contribution >= 4 is 17.7 Å². The van der Waals surface area contributed by atoms with Crippen molar-refractivity contribution in [1.82, 2.24) is 0 Å². The van der Waals surface area contributed by atoms with Crippen molar-refractivity contribution < 1.29 is 9.53 Å². The van der Waals surface area contributed by atoms with Crippen molar-refractivity contribution in [3.05, 3.63) is 35.9 Å². The maximum Gasteiger partial charge on any atom is 0.331 e. The molecule has 0 aromatic heterocycles. The van der Waals surface area contributed by atoms with Gasteiger partial charge >= 0.3 is 5.97 Å². The van der Waals surface area contributed by atoms with Gasteiger partial charge in [-0.3, -0.25) is 0 Å². The Bertz CT molecular complexity index is 403. The first-order valence-electron chi connectivity index (χ1n) is 5.14. The summed E-state index contributed by atoms with van der Waals surface area (Å²) in [6.45, 7) is 5.49. The van der Waals surface area contributed by atoms with Crippen LogP contribution in [-0.2, 0) is 9.53 Å². The van der Waals surface area contributed by atoms with E-state index in [9.17, 15) is 4.79 Å². The number of ether oxygens (including phenoxy) is 1. The summed E-state index contributed by atoms with van der Waals surface area (Å²) in [5, 5.41) is 0. The number of rotatable bonds is 2. The Kier molecular flexibility index (Phi) is 3.72. The molecule has 0 atom stereocenters. The van der Waals surface area contributed by atoms with E-state index in [-0.39, 0.29) is 5.97 Å². The molecule has 0 bridgehead atoms. The summed E-state index contributed by atoms with van der Waals surface area (Å²) in [6.07, 6.45) is 3.04. The molecule has 0 saturated heterocycles. The van der Waals surface area contributed by atoms with Crippen LogP contribution in [0, 0.1) is 0 Å². The fraction of sp³-hybridized carbons (Fsp3) is 0.308. The van der Waals surface area contributed by atoms with Gasteiger partial charge in [-0.15, -0.1) is 0 Å². The van der Waals surface area contributed by atoms with Crippen LogP contribution in [0.15, 0.2) is 30.3 Å². The van der Waals surface area contributed by atoms with Crippen LogP contribution >= 0.6 is 0 Å². The lowest BCUT2D eigenvalue weighted by molar-refractivity contribution is -0.148. The highest BCUT2D eigenvalue weighted by molar-refractivity contribution is 5.88. The van der Waals surface area contributed by atoms with Crippen LogP contribution in [0.4, 0.5) is 5.69 Å². The number of benzene rings is 1. The van der Waals surface area contributed by atoms with Crippen LogP contribution in [0.1, 0.15) is 26.3 Å². The van der Waals surface area contributed by atoms with Gasteiger partial charge in [0.15, 0.2) is 0 Å². The maximum absolute atomic E-state index is 11.4. The monoisotopic (exact) mass is 219 g/mol. The number of hydrogen-bond acceptors (Lipinski definition) is 3. The molecule has 1 rings (SSSR count). The normalized spacial score (nSPS) is 11.7. The van der Waals surface area contributed by atoms with Gasteiger partial charge in [0.25, 0.3) is 0 Å². The largest absolute Gasteiger partial charge is 0.457 e. The molecule has 0 aliphatic rings. The number of carbonyl (C=O) groups is 1. The van der Waals surface area contributed by atoms with Crippen molar-refractivity contribution in [3.63, 3.8) is 0 Å². The molecule has 3 nitrogen and oxygen atoms in total. The van der Waals surface area contributed by atoms with Gasteiger partial charge in [-0.1, -0.05) is 18.2 Å². The molecule has 86 valence electrons. The average molecular weight is 219 g/mol. The van der Waals surface area contributed by atoms with Gasteiger partial charge in [-0.05, 0) is 38.5 Å². The molecule has 1 aromatic carbocycles. The van der Waals surface area contributed by atoms with Crippen molar-refractivity contribution in [3.8, 4) is 0 Å². The Labute approximate surface area is 95.9 Å². The van der Waals surface area contributed by atoms with E-state index < -0.39 is 5.60 Å². The third-order valence-corrected chi connectivity index (χ3v) is 1.80. The second kappa shape index (κ2) is 4.84. The number of carbonyl (C=O) groups excluding carboxylic acids is 1. The predicted molar refractivity (Wildman–Crippen MR) is 65.7 cm³/mol. The Hall–Kier alpha value is -1.77. The lowest BCUT2D eigenvalue weighted by Crippen LogP contribution is -2.22. The lowest BCUT2D eigenvalue weighted by Gasteiger charge is -2.17. The van der Waals surface area contributed by atoms with Crippen molar-refractivity contribution in [1.29, 1.82) is 0 Å². The van der Waals surface area contributed by atoms with E-state index in [4.69, 9.17) is 10.5 Å². The second-order valence-electron chi connectivity index (χ2n) is 4.50. The first-order chi connectivity index (χ1) is 7.38. The Morgan fingerprint density at radius 3 is 2.50 bits per heavy atom. The molecule has 16 heavy (non-hydrogen) atoms. The summed E-state index contributed by atoms with van der Waals surface area (Å²) in [5.74, 6) is -0.365. The van der Waals surface area contributed by atoms with Crippen molar-refractivity contribution in [2.24, 2.45) is 0 Å². The highest BCUT2D eigenvalue weighted by Crippen LogP contribution is 2.13. The molecular formula is C13H17NO2. The zero-order valence-corrected chi connectivity index (χ0v) is 9.86. The third kappa shape index (κ3) is 4.17. The second-order valence-corrected chi connectivity index (χ2v) is 4.50. The number of nitrogen functional groups attached to an aromatic ring is 1. The van der Waals surface area contributed by atoms with Crippen LogP contribution in [0.25, 0.3) is 6.08 Å². The van der Waals surface area contributed by atoms with Gasteiger partial charge < -0.3 is 10.5 Å². The molecule has 0 radical (unpaired) electrons. The van der Waals surface area contributed by atoms with E-state index in [0.717, 1.165) is 5.56 Å². The molecule has 0 saturated carbocycles. The molecular weight excluding hydrogens is 202 g/mol. The molecule has 0 spiro atoms. The summed E-state index contributed by atoms with van der Waals surface area (Å²) >= 11 is 0. The topological polar surface area (TPSA) is 52.3 Å². The Morgan fingerprint density at radius 2 is 1.94 bits per heavy atom. The van der Waals surface area contributed by atoms with Crippen molar-refractivity contribution in [2.75, 3.05) is 5.73 Å². The summed E-state index contributed by atoms with van der Waals surface area (Å²) in [6, 6.07) is 7.34. The summed E-state index contributed by atoms with van der Waals surface area (Å²) in [7, 11) is 0. The summed E-state index contributed by atoms with van der Waals surface area (Å²) < 4.78 is 5.13. The lowest BCUT2D eigenvalue weighted by atomic mass is 10.1. The van der Waals surface area contributed by atoms with Gasteiger partial charge in [0, 0.05) is 11.8 Å². The smallest absolute Gasteiger partial charge is 0.331 e. The number of anilines is 1. The average Bonchev–Trinajstić information content (AvgIpc) is 2.14. The van der Waals surface area contributed by atoms with Crippen LogP contribution in [0.3, 0.4) is 0 Å². The molecule has 0 unspecified atom stereocenters. The van der Waals surface area contributed by atoms with Crippen molar-refractivity contribution in [2.45, 2.75) is 26.4 Å². The van der Waals surface area contributed by atoms with Gasteiger partial charge in [-0.2, -0.15) is 0 Å². The first kappa shape index (κ1) is 12.3. The minimum atomic E-state index is -0.469. The van der Waals surface area contributed by atoms with E-state index in [1.54, 1.807) is 12.1 Å². The quantitative estimate of drug-likeness (QED) is 0.472. The number of para-hydroxylation sites is 1. The molecule has 0 amide bonds. The van der Waals surface area contributed by atoms with Gasteiger partial charge in [-0.25, -0.2) is 4.79 Å². The standard InChI is InChI=1S/C13H17NO2/c1-13(2,3)16-12(15)9-8-10-6-4-5-7-11(10)14/h4-9H,14H2,1-3H3. The van der Waals surface area contributed by atoms with Gasteiger partial charge in [0.05, 0.1) is 0 Å². The molecule has 0 fully saturated rings. The van der Waals surface area contributed by atoms with E-state index in [0.29, 0.717) is 5.69 Å². The number of hydrogen-bond donors (Lipinski definition) is 1. The Morgan fingerprint density at radius 1 is 1.31 bits per heavy atom. The van der Waals surface area contributed by atoms with E-state index in [1.807, 2.05) is 39.0 Å². The summed E-state index contributed by atoms with van der Waals surface area (Å²) in [5.41, 5.74) is 6.72. The SMILES string of the molecule is CC(C)(C)OC(=O)C=Cc1ccccc1N. The summed E-state index contributed by atoms with van der Waals surface area (Å²) in [4.78, 5) is 11.4. The van der Waals surface area contributed by atoms with E-state index in [2.05, 4.69) is 0 Å². The minimum absolute atomic E-state index is 0.365. The molecule has 0 aliphatic carbocycles. The number of nitrogens with two attached hydrogens (primary N) is 1. The maximum atomic E-state index is 11.4. The highest BCUT2D eigenvalue weighted by Gasteiger charge is 2.13. The molecule has 3 heteroatoms. The predicted octanol–water partition coefficient (Wildman–Crippen LogP) is 2.62. The fourth-order valence-electron chi connectivity index (χ4n) is 1.16. The highest BCUT2D eigenvalue weighted by atomic mass is 16.6. The minimum Gasteiger partial charge on any atom is -0.457 e. The fourth-order valence-corrected chi connectivity index (χ4v) is 1.16. The molecule has 0 heterocycles. The first-order valence-corrected chi connectivity index (χ1v) is 5.14. The van der Waals surface area contributed by atoms with E-state index >= 15 is 0 Å². The van der Waals surface area contributed by atoms with Crippen LogP contribution in [0.2, 0.25) is 0 Å². The van der Waals surface area contributed by atoms with Crippen LogP contribution in [-0.4, -0.2) is 11.6 Å². The van der Waals surface area contributed by atoms with E-state index in [1.165, 1.54) is 6.08 Å². The van der Waals surface area contributed by atoms with Gasteiger partial charge in [0.1, 0.15) is 5.60 Å². The molecule has 0 aliphatic heterocycles.